The van der Waals surface area contributed by atoms with Crippen LogP contribution in [0.25, 0.3) is 0 Å². The first-order valence-electron chi connectivity index (χ1n) is 6.95. The lowest BCUT2D eigenvalue weighted by Gasteiger charge is -2.33. The second kappa shape index (κ2) is 5.30. The van der Waals surface area contributed by atoms with Gasteiger partial charge in [-0.15, -0.1) is 0 Å². The summed E-state index contributed by atoms with van der Waals surface area (Å²) in [7, 11) is 0. The van der Waals surface area contributed by atoms with Crippen molar-refractivity contribution in [3.63, 3.8) is 0 Å². The van der Waals surface area contributed by atoms with E-state index in [0.29, 0.717) is 18.8 Å². The van der Waals surface area contributed by atoms with Gasteiger partial charge in [-0.25, -0.2) is 4.98 Å². The SMILES string of the molecule is O=C(c1cnc[nH]1)N1C[C@H](O)[C@@H](N2CCCCC2)C1. The average Bonchev–Trinajstić information content (AvgIpc) is 3.08. The third kappa shape index (κ3) is 2.50. The molecular weight excluding hydrogens is 244 g/mol. The van der Waals surface area contributed by atoms with Gasteiger partial charge in [0.05, 0.1) is 24.7 Å². The molecule has 0 radical (unpaired) electrons. The van der Waals surface area contributed by atoms with Crippen LogP contribution in [0.4, 0.5) is 0 Å². The molecule has 2 N–H and O–H groups in total. The first kappa shape index (κ1) is 12.6. The fourth-order valence-corrected chi connectivity index (χ4v) is 3.09. The molecule has 2 saturated heterocycles. The van der Waals surface area contributed by atoms with Gasteiger partial charge in [0.2, 0.25) is 0 Å². The smallest absolute Gasteiger partial charge is 0.272 e. The highest BCUT2D eigenvalue weighted by molar-refractivity contribution is 5.92. The Morgan fingerprint density at radius 2 is 2.11 bits per heavy atom. The Balaban J connectivity index is 1.65. The maximum Gasteiger partial charge on any atom is 0.272 e. The van der Waals surface area contributed by atoms with Gasteiger partial charge in [0.25, 0.3) is 5.91 Å². The number of aromatic nitrogens is 2. The lowest BCUT2D eigenvalue weighted by atomic mass is 10.1. The molecule has 6 nitrogen and oxygen atoms in total. The number of hydrogen-bond acceptors (Lipinski definition) is 4. The minimum Gasteiger partial charge on any atom is -0.390 e. The predicted octanol–water partition coefficient (Wildman–Crippen LogP) is 0.0809. The first-order valence-corrected chi connectivity index (χ1v) is 6.95. The van der Waals surface area contributed by atoms with Gasteiger partial charge in [0.15, 0.2) is 0 Å². The van der Waals surface area contributed by atoms with Crippen LogP contribution < -0.4 is 0 Å². The van der Waals surface area contributed by atoms with Gasteiger partial charge in [-0.2, -0.15) is 0 Å². The topological polar surface area (TPSA) is 72.5 Å². The summed E-state index contributed by atoms with van der Waals surface area (Å²) in [6.07, 6.45) is 6.25. The monoisotopic (exact) mass is 264 g/mol. The summed E-state index contributed by atoms with van der Waals surface area (Å²) in [4.78, 5) is 22.9. The zero-order valence-electron chi connectivity index (χ0n) is 11.0. The maximum atomic E-state index is 12.2. The van der Waals surface area contributed by atoms with E-state index in [1.807, 2.05) is 0 Å². The highest BCUT2D eigenvalue weighted by Gasteiger charge is 2.38. The molecule has 2 fully saturated rings. The Bertz CT molecular complexity index is 428. The number of H-pyrrole nitrogens is 1. The van der Waals surface area contributed by atoms with Crippen molar-refractivity contribution in [2.75, 3.05) is 26.2 Å². The van der Waals surface area contributed by atoms with Crippen LogP contribution in [-0.2, 0) is 0 Å². The van der Waals surface area contributed by atoms with Crippen LogP contribution in [0.1, 0.15) is 29.8 Å². The molecule has 3 rings (SSSR count). The fraction of sp³-hybridized carbons (Fsp3) is 0.692. The lowest BCUT2D eigenvalue weighted by molar-refractivity contribution is 0.0702. The van der Waals surface area contributed by atoms with Gasteiger partial charge >= 0.3 is 0 Å². The minimum absolute atomic E-state index is 0.0731. The van der Waals surface area contributed by atoms with Crippen molar-refractivity contribution >= 4 is 5.91 Å². The Morgan fingerprint density at radius 3 is 2.79 bits per heavy atom. The van der Waals surface area contributed by atoms with Crippen LogP contribution in [0.2, 0.25) is 0 Å². The van der Waals surface area contributed by atoms with Crippen LogP contribution in [0, 0.1) is 0 Å². The summed E-state index contributed by atoms with van der Waals surface area (Å²) in [5.74, 6) is -0.0731. The Kier molecular flexibility index (Phi) is 3.52. The van der Waals surface area contributed by atoms with Gasteiger partial charge < -0.3 is 15.0 Å². The number of aliphatic hydroxyl groups excluding tert-OH is 1. The number of hydrogen-bond donors (Lipinski definition) is 2. The standard InChI is InChI=1S/C13H20N4O2/c18-12-8-17(13(19)10-6-14-9-15-10)7-11(12)16-4-2-1-3-5-16/h6,9,11-12,18H,1-5,7-8H2,(H,14,15)/t11-,12-/m0/s1. The number of imidazole rings is 1. The summed E-state index contributed by atoms with van der Waals surface area (Å²) >= 11 is 0. The Labute approximate surface area is 112 Å². The number of amides is 1. The molecule has 0 unspecified atom stereocenters. The molecule has 1 amide bonds. The summed E-state index contributed by atoms with van der Waals surface area (Å²) in [5, 5.41) is 10.2. The summed E-state index contributed by atoms with van der Waals surface area (Å²) in [5.41, 5.74) is 0.492. The predicted molar refractivity (Wildman–Crippen MR) is 69.7 cm³/mol. The fourth-order valence-electron chi connectivity index (χ4n) is 3.09. The zero-order valence-corrected chi connectivity index (χ0v) is 11.0. The highest BCUT2D eigenvalue weighted by atomic mass is 16.3. The molecule has 0 aliphatic carbocycles. The first-order chi connectivity index (χ1) is 9.25. The number of nitrogens with zero attached hydrogens (tertiary/aromatic N) is 3. The second-order valence-electron chi connectivity index (χ2n) is 5.41. The van der Waals surface area contributed by atoms with E-state index in [0.717, 1.165) is 13.1 Å². The third-order valence-corrected chi connectivity index (χ3v) is 4.13. The molecule has 0 saturated carbocycles. The van der Waals surface area contributed by atoms with Crippen LogP contribution in [0.3, 0.4) is 0 Å². The molecule has 104 valence electrons. The second-order valence-corrected chi connectivity index (χ2v) is 5.41. The van der Waals surface area contributed by atoms with Gasteiger partial charge in [-0.1, -0.05) is 6.42 Å². The van der Waals surface area contributed by atoms with E-state index in [1.165, 1.54) is 31.8 Å². The van der Waals surface area contributed by atoms with Crippen LogP contribution >= 0.6 is 0 Å². The normalized spacial score (nSPS) is 28.8. The Hall–Kier alpha value is -1.40. The molecule has 2 aliphatic heterocycles. The largest absolute Gasteiger partial charge is 0.390 e. The molecule has 0 spiro atoms. The van der Waals surface area contributed by atoms with E-state index in [1.54, 1.807) is 4.90 Å². The Morgan fingerprint density at radius 1 is 1.32 bits per heavy atom. The summed E-state index contributed by atoms with van der Waals surface area (Å²) < 4.78 is 0. The van der Waals surface area contributed by atoms with Crippen molar-refractivity contribution in [2.45, 2.75) is 31.4 Å². The van der Waals surface area contributed by atoms with Gasteiger partial charge in [0.1, 0.15) is 5.69 Å². The van der Waals surface area contributed by atoms with Gasteiger partial charge in [-0.3, -0.25) is 9.69 Å². The van der Waals surface area contributed by atoms with E-state index < -0.39 is 6.10 Å². The number of carbonyl (C=O) groups is 1. The van der Waals surface area contributed by atoms with E-state index >= 15 is 0 Å². The van der Waals surface area contributed by atoms with E-state index in [9.17, 15) is 9.90 Å². The van der Waals surface area contributed by atoms with Crippen molar-refractivity contribution < 1.29 is 9.90 Å². The number of likely N-dealkylation sites (tertiary alicyclic amines) is 2. The number of aromatic amines is 1. The number of nitrogens with one attached hydrogen (secondary N) is 1. The van der Waals surface area contributed by atoms with Crippen molar-refractivity contribution in [3.05, 3.63) is 18.2 Å². The molecule has 0 bridgehead atoms. The average molecular weight is 264 g/mol. The van der Waals surface area contributed by atoms with Crippen LogP contribution in [0.5, 0.6) is 0 Å². The third-order valence-electron chi connectivity index (χ3n) is 4.13. The maximum absolute atomic E-state index is 12.2. The molecule has 3 heterocycles. The number of aliphatic hydroxyl groups is 1. The molecule has 1 aromatic heterocycles. The number of rotatable bonds is 2. The van der Waals surface area contributed by atoms with E-state index in [-0.39, 0.29) is 11.9 Å². The number of β-amino-alcohol motifs (C(OH)–C–C–N with tert-alkyl or cyclic N) is 1. The van der Waals surface area contributed by atoms with Crippen molar-refractivity contribution in [2.24, 2.45) is 0 Å². The number of piperidine rings is 1. The molecule has 6 heteroatoms. The van der Waals surface area contributed by atoms with E-state index in [4.69, 9.17) is 0 Å². The van der Waals surface area contributed by atoms with Crippen LogP contribution in [-0.4, -0.2) is 69.1 Å². The lowest BCUT2D eigenvalue weighted by Crippen LogP contribution is -2.46. The molecule has 1 aromatic rings. The molecular formula is C13H20N4O2. The van der Waals surface area contributed by atoms with Crippen molar-refractivity contribution in [1.82, 2.24) is 19.8 Å². The summed E-state index contributed by atoms with van der Waals surface area (Å²) in [6.45, 7) is 3.10. The molecule has 2 atom stereocenters. The highest BCUT2D eigenvalue weighted by Crippen LogP contribution is 2.21. The van der Waals surface area contributed by atoms with Gasteiger partial charge in [0, 0.05) is 13.1 Å². The molecule has 19 heavy (non-hydrogen) atoms. The van der Waals surface area contributed by atoms with Crippen LogP contribution in [0.15, 0.2) is 12.5 Å². The van der Waals surface area contributed by atoms with Crippen molar-refractivity contribution in [3.8, 4) is 0 Å². The minimum atomic E-state index is -0.440. The quantitative estimate of drug-likeness (QED) is 0.793. The summed E-state index contributed by atoms with van der Waals surface area (Å²) in [6, 6.07) is 0.0900. The van der Waals surface area contributed by atoms with E-state index in [2.05, 4.69) is 14.9 Å². The van der Waals surface area contributed by atoms with Gasteiger partial charge in [-0.05, 0) is 25.9 Å². The zero-order chi connectivity index (χ0) is 13.2. The number of carbonyl (C=O) groups excluding carboxylic acids is 1. The van der Waals surface area contributed by atoms with Crippen molar-refractivity contribution in [1.29, 1.82) is 0 Å². The molecule has 0 aromatic carbocycles. The molecule has 2 aliphatic rings.